The summed E-state index contributed by atoms with van der Waals surface area (Å²) in [6.07, 6.45) is 34.4. The molecule has 0 saturated carbocycles. The first-order valence-electron chi connectivity index (χ1n) is 15.4. The van der Waals surface area contributed by atoms with Crippen LogP contribution in [0.25, 0.3) is 0 Å². The summed E-state index contributed by atoms with van der Waals surface area (Å²) in [4.78, 5) is 3.30. The molecule has 0 aliphatic heterocycles. The second-order valence-corrected chi connectivity index (χ2v) is 11.0. The minimum atomic E-state index is 0.606. The van der Waals surface area contributed by atoms with Crippen molar-refractivity contribution >= 4 is 0 Å². The van der Waals surface area contributed by atoms with E-state index in [0.29, 0.717) is 12.0 Å². The number of rotatable bonds is 23. The molecule has 2 heteroatoms. The van der Waals surface area contributed by atoms with E-state index in [1.54, 1.807) is 0 Å². The van der Waals surface area contributed by atoms with Gasteiger partial charge in [0.2, 0.25) is 6.33 Å². The number of benzene rings is 1. The van der Waals surface area contributed by atoms with Gasteiger partial charge >= 0.3 is 0 Å². The van der Waals surface area contributed by atoms with Gasteiger partial charge in [-0.15, -0.1) is 0 Å². The largest absolute Gasteiger partial charge is 0.250 e. The SMILES string of the molecule is CCCCCCCCCCCCCCCCC(Cc1ccccc1)C(CCCCC)[n+]1cc[nH]c1. The Labute approximate surface area is 218 Å². The summed E-state index contributed by atoms with van der Waals surface area (Å²) in [6, 6.07) is 11.8. The van der Waals surface area contributed by atoms with Crippen LogP contribution in [0.3, 0.4) is 0 Å². The molecule has 0 amide bonds. The van der Waals surface area contributed by atoms with Crippen molar-refractivity contribution in [2.75, 3.05) is 0 Å². The van der Waals surface area contributed by atoms with Crippen molar-refractivity contribution in [3.63, 3.8) is 0 Å². The van der Waals surface area contributed by atoms with Gasteiger partial charge in [0.05, 0.1) is 0 Å². The number of hydrogen-bond donors (Lipinski definition) is 1. The van der Waals surface area contributed by atoms with Crippen molar-refractivity contribution < 1.29 is 4.57 Å². The normalized spacial score (nSPS) is 13.2. The molecule has 1 aromatic heterocycles. The van der Waals surface area contributed by atoms with Crippen molar-refractivity contribution in [2.24, 2.45) is 5.92 Å². The Bertz CT molecular complexity index is 678. The van der Waals surface area contributed by atoms with E-state index in [2.05, 4.69) is 72.5 Å². The zero-order valence-electron chi connectivity index (χ0n) is 23.4. The van der Waals surface area contributed by atoms with Crippen molar-refractivity contribution in [1.29, 1.82) is 0 Å². The van der Waals surface area contributed by atoms with Gasteiger partial charge in [-0.05, 0) is 31.2 Å². The first kappa shape index (κ1) is 29.7. The predicted octanol–water partition coefficient (Wildman–Crippen LogP) is 10.2. The van der Waals surface area contributed by atoms with Crippen LogP contribution in [-0.2, 0) is 6.42 Å². The van der Waals surface area contributed by atoms with Gasteiger partial charge < -0.3 is 0 Å². The zero-order chi connectivity index (χ0) is 24.8. The highest BCUT2D eigenvalue weighted by Gasteiger charge is 2.26. The van der Waals surface area contributed by atoms with Crippen LogP contribution in [0.15, 0.2) is 49.1 Å². The second-order valence-electron chi connectivity index (χ2n) is 11.0. The van der Waals surface area contributed by atoms with Gasteiger partial charge in [-0.1, -0.05) is 147 Å². The number of unbranched alkanes of at least 4 members (excludes halogenated alkanes) is 15. The lowest BCUT2D eigenvalue weighted by Crippen LogP contribution is -2.42. The van der Waals surface area contributed by atoms with Crippen LogP contribution in [0.1, 0.15) is 147 Å². The maximum absolute atomic E-state index is 3.30. The number of nitrogens with one attached hydrogen (secondary N) is 1. The topological polar surface area (TPSA) is 19.7 Å². The van der Waals surface area contributed by atoms with Gasteiger partial charge in [-0.2, -0.15) is 0 Å². The Balaban J connectivity index is 1.68. The van der Waals surface area contributed by atoms with Crippen LogP contribution in [0.4, 0.5) is 0 Å². The predicted molar refractivity (Wildman–Crippen MR) is 153 cm³/mol. The maximum atomic E-state index is 3.30. The molecule has 0 aliphatic carbocycles. The quantitative estimate of drug-likeness (QED) is 0.120. The molecule has 0 aliphatic rings. The molecule has 2 rings (SSSR count). The van der Waals surface area contributed by atoms with E-state index in [0.717, 1.165) is 0 Å². The molecule has 2 nitrogen and oxygen atoms in total. The molecule has 0 bridgehead atoms. The second kappa shape index (κ2) is 20.6. The van der Waals surface area contributed by atoms with Crippen LogP contribution in [-0.4, -0.2) is 4.98 Å². The van der Waals surface area contributed by atoms with Gasteiger partial charge in [-0.3, -0.25) is 4.98 Å². The van der Waals surface area contributed by atoms with E-state index in [9.17, 15) is 0 Å². The molecule has 198 valence electrons. The number of imidazole rings is 1. The molecule has 0 radical (unpaired) electrons. The summed E-state index contributed by atoms with van der Waals surface area (Å²) in [5.74, 6) is 0.715. The molecular weight excluding hydrogens is 424 g/mol. The third kappa shape index (κ3) is 13.9. The molecule has 0 fully saturated rings. The monoisotopic (exact) mass is 481 g/mol. The number of aromatic nitrogens is 2. The van der Waals surface area contributed by atoms with Crippen molar-refractivity contribution in [3.8, 4) is 0 Å². The summed E-state index contributed by atoms with van der Waals surface area (Å²) in [5.41, 5.74) is 1.50. The van der Waals surface area contributed by atoms with Crippen LogP contribution >= 0.6 is 0 Å². The Morgan fingerprint density at radius 1 is 0.629 bits per heavy atom. The third-order valence-electron chi connectivity index (χ3n) is 7.87. The van der Waals surface area contributed by atoms with Gasteiger partial charge in [0.25, 0.3) is 0 Å². The molecule has 0 spiro atoms. The third-order valence-corrected chi connectivity index (χ3v) is 7.87. The highest BCUT2D eigenvalue weighted by molar-refractivity contribution is 5.15. The number of nitrogens with zero attached hydrogens (tertiary/aromatic N) is 1. The minimum Gasteiger partial charge on any atom is -0.250 e. The molecule has 0 saturated heterocycles. The van der Waals surface area contributed by atoms with Crippen molar-refractivity contribution in [1.82, 2.24) is 4.98 Å². The van der Waals surface area contributed by atoms with E-state index in [4.69, 9.17) is 0 Å². The standard InChI is InChI=1S/C33H56N2/c1-3-5-7-8-9-10-11-12-13-14-15-16-17-22-25-32(29-31-23-20-18-21-24-31)33(26-19-6-4-2)35-28-27-34-30-35/h18,20-21,23-24,27-28,30,32-33H,3-17,19,22,25-26,29H2,1-2H3/p+1. The fourth-order valence-electron chi connectivity index (χ4n) is 5.69. The molecule has 1 aromatic carbocycles. The fraction of sp³-hybridized carbons (Fsp3) is 0.727. The molecule has 1 N–H and O–H groups in total. The van der Waals surface area contributed by atoms with E-state index < -0.39 is 0 Å². The average molecular weight is 482 g/mol. The lowest BCUT2D eigenvalue weighted by Gasteiger charge is -2.25. The number of H-pyrrole nitrogens is 1. The van der Waals surface area contributed by atoms with E-state index in [-0.39, 0.29) is 0 Å². The van der Waals surface area contributed by atoms with Crippen molar-refractivity contribution in [2.45, 2.75) is 148 Å². The lowest BCUT2D eigenvalue weighted by atomic mass is 9.84. The molecule has 2 aromatic rings. The highest BCUT2D eigenvalue weighted by Crippen LogP contribution is 2.28. The zero-order valence-corrected chi connectivity index (χ0v) is 23.4. The summed E-state index contributed by atoms with van der Waals surface area (Å²) in [7, 11) is 0. The molecule has 35 heavy (non-hydrogen) atoms. The summed E-state index contributed by atoms with van der Waals surface area (Å²) >= 11 is 0. The average Bonchev–Trinajstić information content (AvgIpc) is 3.41. The maximum Gasteiger partial charge on any atom is 0.241 e. The smallest absolute Gasteiger partial charge is 0.241 e. The first-order chi connectivity index (χ1) is 17.3. The van der Waals surface area contributed by atoms with Crippen molar-refractivity contribution in [3.05, 3.63) is 54.6 Å². The molecule has 2 unspecified atom stereocenters. The minimum absolute atomic E-state index is 0.606. The summed E-state index contributed by atoms with van der Waals surface area (Å²) in [5, 5.41) is 0. The molecule has 1 heterocycles. The Morgan fingerprint density at radius 3 is 1.69 bits per heavy atom. The Kier molecular flexibility index (Phi) is 17.5. The number of hydrogen-bond acceptors (Lipinski definition) is 0. The Hall–Kier alpha value is -1.57. The number of aromatic amines is 1. The summed E-state index contributed by atoms with van der Waals surface area (Å²) in [6.45, 7) is 4.62. The van der Waals surface area contributed by atoms with Crippen LogP contribution in [0.2, 0.25) is 0 Å². The Morgan fingerprint density at radius 2 is 1.14 bits per heavy atom. The molecule has 2 atom stereocenters. The first-order valence-corrected chi connectivity index (χ1v) is 15.4. The van der Waals surface area contributed by atoms with E-state index in [1.807, 2.05) is 0 Å². The van der Waals surface area contributed by atoms with Crippen LogP contribution in [0, 0.1) is 5.92 Å². The highest BCUT2D eigenvalue weighted by atomic mass is 15.1. The van der Waals surface area contributed by atoms with Gasteiger partial charge in [-0.25, -0.2) is 4.57 Å². The van der Waals surface area contributed by atoms with Gasteiger partial charge in [0.15, 0.2) is 0 Å². The van der Waals surface area contributed by atoms with Crippen LogP contribution < -0.4 is 4.57 Å². The van der Waals surface area contributed by atoms with Crippen LogP contribution in [0.5, 0.6) is 0 Å². The van der Waals surface area contributed by atoms with Gasteiger partial charge in [0, 0.05) is 5.92 Å². The molecular formula is C33H57N2+. The van der Waals surface area contributed by atoms with E-state index in [1.165, 1.54) is 134 Å². The lowest BCUT2D eigenvalue weighted by molar-refractivity contribution is -0.730. The van der Waals surface area contributed by atoms with Gasteiger partial charge in [0.1, 0.15) is 18.4 Å². The summed E-state index contributed by atoms with van der Waals surface area (Å²) < 4.78 is 2.47. The fourth-order valence-corrected chi connectivity index (χ4v) is 5.69. The van der Waals surface area contributed by atoms with E-state index >= 15 is 0 Å².